The average Bonchev–Trinajstić information content (AvgIpc) is 2.26. The van der Waals surface area contributed by atoms with E-state index in [1.54, 1.807) is 0 Å². The number of nitrogens with zero attached hydrogens (tertiary/aromatic N) is 1. The summed E-state index contributed by atoms with van der Waals surface area (Å²) in [5.41, 5.74) is 8.41. The van der Waals surface area contributed by atoms with E-state index in [1.165, 1.54) is 0 Å². The van der Waals surface area contributed by atoms with Crippen molar-refractivity contribution in [1.82, 2.24) is 4.98 Å². The van der Waals surface area contributed by atoms with Crippen molar-refractivity contribution in [2.24, 2.45) is 0 Å². The molecule has 0 aliphatic rings. The van der Waals surface area contributed by atoms with Crippen LogP contribution in [0.25, 0.3) is 21.8 Å². The summed E-state index contributed by atoms with van der Waals surface area (Å²) in [7, 11) is 0. The minimum absolute atomic E-state index is 0.745. The topological polar surface area (TPSA) is 38.9 Å². The van der Waals surface area contributed by atoms with Gasteiger partial charge in [0.25, 0.3) is 0 Å². The molecule has 0 unspecified atom stereocenters. The Labute approximate surface area is 101 Å². The predicted molar refractivity (Wildman–Crippen MR) is 71.4 cm³/mol. The van der Waals surface area contributed by atoms with Crippen LogP contribution in [-0.4, -0.2) is 4.98 Å². The van der Waals surface area contributed by atoms with Crippen LogP contribution in [0.5, 0.6) is 0 Å². The molecule has 2 aromatic carbocycles. The number of nitrogen functional groups attached to an aromatic ring is 1. The minimum Gasteiger partial charge on any atom is -0.399 e. The molecule has 0 saturated carbocycles. The van der Waals surface area contributed by atoms with Gasteiger partial charge in [0, 0.05) is 20.9 Å². The highest BCUT2D eigenvalue weighted by Gasteiger charge is 2.00. The second-order valence-corrected chi connectivity index (χ2v) is 4.69. The van der Waals surface area contributed by atoms with Crippen molar-refractivity contribution < 1.29 is 0 Å². The Hall–Kier alpha value is -1.61. The standard InChI is InChI=1S/C13H9BrN2/c14-10-3-1-8-5-9-2-4-11(15)7-13(9)16-12(8)6-10/h1-7H,15H2. The van der Waals surface area contributed by atoms with Crippen LogP contribution < -0.4 is 5.73 Å². The Morgan fingerprint density at radius 3 is 2.38 bits per heavy atom. The molecule has 1 heterocycles. The van der Waals surface area contributed by atoms with Crippen LogP contribution in [0.3, 0.4) is 0 Å². The van der Waals surface area contributed by atoms with Crippen LogP contribution in [0.2, 0.25) is 0 Å². The Morgan fingerprint density at radius 2 is 1.56 bits per heavy atom. The van der Waals surface area contributed by atoms with Crippen LogP contribution in [-0.2, 0) is 0 Å². The van der Waals surface area contributed by atoms with Gasteiger partial charge in [-0.05, 0) is 30.3 Å². The van der Waals surface area contributed by atoms with Gasteiger partial charge < -0.3 is 5.73 Å². The lowest BCUT2D eigenvalue weighted by atomic mass is 10.1. The van der Waals surface area contributed by atoms with E-state index < -0.39 is 0 Å². The molecule has 0 aliphatic carbocycles. The van der Waals surface area contributed by atoms with Crippen LogP contribution in [0.1, 0.15) is 0 Å². The van der Waals surface area contributed by atoms with Gasteiger partial charge in [-0.1, -0.05) is 28.1 Å². The monoisotopic (exact) mass is 272 g/mol. The zero-order valence-electron chi connectivity index (χ0n) is 8.44. The Bertz CT molecular complexity index is 635. The second-order valence-electron chi connectivity index (χ2n) is 3.78. The number of pyridine rings is 1. The molecular formula is C13H9BrN2. The number of nitrogens with two attached hydrogens (primary N) is 1. The number of hydrogen-bond donors (Lipinski definition) is 1. The zero-order valence-corrected chi connectivity index (χ0v) is 10.0. The van der Waals surface area contributed by atoms with Gasteiger partial charge >= 0.3 is 0 Å². The summed E-state index contributed by atoms with van der Waals surface area (Å²) < 4.78 is 1.04. The minimum atomic E-state index is 0.745. The zero-order chi connectivity index (χ0) is 11.1. The predicted octanol–water partition coefficient (Wildman–Crippen LogP) is 3.73. The number of aromatic nitrogens is 1. The van der Waals surface area contributed by atoms with Gasteiger partial charge in [0.1, 0.15) is 0 Å². The number of hydrogen-bond acceptors (Lipinski definition) is 2. The van der Waals surface area contributed by atoms with Crippen molar-refractivity contribution in [2.75, 3.05) is 5.73 Å². The normalized spacial score (nSPS) is 11.1. The van der Waals surface area contributed by atoms with Gasteiger partial charge in [-0.2, -0.15) is 0 Å². The smallest absolute Gasteiger partial charge is 0.0730 e. The molecule has 0 radical (unpaired) electrons. The van der Waals surface area contributed by atoms with E-state index in [-0.39, 0.29) is 0 Å². The van der Waals surface area contributed by atoms with Crippen molar-refractivity contribution in [1.29, 1.82) is 0 Å². The first-order valence-electron chi connectivity index (χ1n) is 4.98. The van der Waals surface area contributed by atoms with Crippen LogP contribution >= 0.6 is 15.9 Å². The summed E-state index contributed by atoms with van der Waals surface area (Å²) >= 11 is 3.45. The molecule has 3 heteroatoms. The summed E-state index contributed by atoms with van der Waals surface area (Å²) in [6.45, 7) is 0. The molecule has 0 saturated heterocycles. The highest BCUT2D eigenvalue weighted by atomic mass is 79.9. The maximum absolute atomic E-state index is 5.75. The number of fused-ring (bicyclic) bond motifs is 2. The van der Waals surface area contributed by atoms with Crippen molar-refractivity contribution in [3.8, 4) is 0 Å². The molecule has 0 bridgehead atoms. The SMILES string of the molecule is Nc1ccc2cc3ccc(Br)cc3nc2c1. The second kappa shape index (κ2) is 3.46. The maximum atomic E-state index is 5.75. The number of benzene rings is 2. The summed E-state index contributed by atoms with van der Waals surface area (Å²) in [5, 5.41) is 2.25. The molecule has 78 valence electrons. The van der Waals surface area contributed by atoms with E-state index >= 15 is 0 Å². The lowest BCUT2D eigenvalue weighted by Gasteiger charge is -2.02. The highest BCUT2D eigenvalue weighted by molar-refractivity contribution is 9.10. The lowest BCUT2D eigenvalue weighted by molar-refractivity contribution is 1.49. The Balaban J connectivity index is 2.44. The summed E-state index contributed by atoms with van der Waals surface area (Å²) in [4.78, 5) is 4.59. The molecule has 2 nitrogen and oxygen atoms in total. The van der Waals surface area contributed by atoms with Gasteiger partial charge in [0.05, 0.1) is 11.0 Å². The molecule has 16 heavy (non-hydrogen) atoms. The molecule has 3 rings (SSSR count). The fourth-order valence-corrected chi connectivity index (χ4v) is 2.16. The molecule has 3 aromatic rings. The summed E-state index contributed by atoms with van der Waals surface area (Å²) in [5.74, 6) is 0. The van der Waals surface area contributed by atoms with Crippen molar-refractivity contribution in [3.05, 3.63) is 46.9 Å². The summed E-state index contributed by atoms with van der Waals surface area (Å²) in [6, 6.07) is 14.0. The number of rotatable bonds is 0. The molecule has 2 N–H and O–H groups in total. The Kier molecular flexibility index (Phi) is 2.07. The third-order valence-corrected chi connectivity index (χ3v) is 3.09. The maximum Gasteiger partial charge on any atom is 0.0730 e. The largest absolute Gasteiger partial charge is 0.399 e. The molecule has 0 aliphatic heterocycles. The first-order valence-corrected chi connectivity index (χ1v) is 5.77. The number of halogens is 1. The molecule has 1 aromatic heterocycles. The van der Waals surface area contributed by atoms with Gasteiger partial charge in [0.15, 0.2) is 0 Å². The first kappa shape index (κ1) is 9.60. The summed E-state index contributed by atoms with van der Waals surface area (Å²) in [6.07, 6.45) is 0. The molecule has 0 amide bonds. The molecule has 0 spiro atoms. The third kappa shape index (κ3) is 1.53. The van der Waals surface area contributed by atoms with Gasteiger partial charge in [0.2, 0.25) is 0 Å². The van der Waals surface area contributed by atoms with Crippen LogP contribution in [0.4, 0.5) is 5.69 Å². The van der Waals surface area contributed by atoms with Gasteiger partial charge in [-0.25, -0.2) is 4.98 Å². The lowest BCUT2D eigenvalue weighted by Crippen LogP contribution is -1.87. The van der Waals surface area contributed by atoms with Gasteiger partial charge in [-0.3, -0.25) is 0 Å². The quantitative estimate of drug-likeness (QED) is 0.500. The first-order chi connectivity index (χ1) is 7.72. The van der Waals surface area contributed by atoms with Crippen molar-refractivity contribution >= 4 is 43.4 Å². The van der Waals surface area contributed by atoms with Crippen molar-refractivity contribution in [2.45, 2.75) is 0 Å². The van der Waals surface area contributed by atoms with Gasteiger partial charge in [-0.15, -0.1) is 0 Å². The van der Waals surface area contributed by atoms with E-state index in [2.05, 4.69) is 33.0 Å². The molecule has 0 atom stereocenters. The number of anilines is 1. The van der Waals surface area contributed by atoms with Crippen LogP contribution in [0, 0.1) is 0 Å². The molecular weight excluding hydrogens is 264 g/mol. The third-order valence-electron chi connectivity index (χ3n) is 2.60. The average molecular weight is 273 g/mol. The fraction of sp³-hybridized carbons (Fsp3) is 0. The van der Waals surface area contributed by atoms with Crippen LogP contribution in [0.15, 0.2) is 46.9 Å². The van der Waals surface area contributed by atoms with E-state index in [1.807, 2.05) is 30.3 Å². The Morgan fingerprint density at radius 1 is 0.875 bits per heavy atom. The van der Waals surface area contributed by atoms with Crippen molar-refractivity contribution in [3.63, 3.8) is 0 Å². The molecule has 0 fully saturated rings. The van der Waals surface area contributed by atoms with E-state index in [0.29, 0.717) is 0 Å². The van der Waals surface area contributed by atoms with E-state index in [4.69, 9.17) is 5.73 Å². The van der Waals surface area contributed by atoms with E-state index in [0.717, 1.165) is 32.0 Å². The van der Waals surface area contributed by atoms with E-state index in [9.17, 15) is 0 Å². The fourth-order valence-electron chi connectivity index (χ4n) is 1.81. The highest BCUT2D eigenvalue weighted by Crippen LogP contribution is 2.23.